The fourth-order valence-corrected chi connectivity index (χ4v) is 5.89. The Morgan fingerprint density at radius 1 is 1.30 bits per heavy atom. The molecule has 0 saturated carbocycles. The number of allylic oxidation sites excluding steroid dienone is 3. The Morgan fingerprint density at radius 2 is 2.07 bits per heavy atom. The van der Waals surface area contributed by atoms with Crippen LogP contribution in [-0.2, 0) is 9.59 Å². The number of carbonyl (C=O) groups is 3. The highest BCUT2D eigenvalue weighted by molar-refractivity contribution is 8.18. The number of carboxylic acids is 1. The van der Waals surface area contributed by atoms with Gasteiger partial charge < -0.3 is 20.2 Å². The molecule has 11 heteroatoms. The van der Waals surface area contributed by atoms with E-state index < -0.39 is 11.3 Å². The normalized spacial score (nSPS) is 20.3. The highest BCUT2D eigenvalue weighted by atomic mass is 35.5. The minimum atomic E-state index is -1.07. The van der Waals surface area contributed by atoms with E-state index in [2.05, 4.69) is 27.5 Å². The van der Waals surface area contributed by atoms with E-state index in [1.807, 2.05) is 25.7 Å². The Kier molecular flexibility index (Phi) is 11.0. The van der Waals surface area contributed by atoms with Crippen LogP contribution in [0.2, 0.25) is 0 Å². The molecule has 43 heavy (non-hydrogen) atoms. The van der Waals surface area contributed by atoms with Gasteiger partial charge in [0, 0.05) is 29.7 Å². The van der Waals surface area contributed by atoms with E-state index in [-0.39, 0.29) is 36.3 Å². The van der Waals surface area contributed by atoms with Crippen molar-refractivity contribution in [2.45, 2.75) is 32.6 Å². The summed E-state index contributed by atoms with van der Waals surface area (Å²) >= 11 is 7.20. The lowest BCUT2D eigenvalue weighted by Gasteiger charge is -2.17. The molecular weight excluding hydrogens is 605 g/mol. The van der Waals surface area contributed by atoms with Crippen molar-refractivity contribution in [2.75, 3.05) is 6.54 Å². The van der Waals surface area contributed by atoms with Gasteiger partial charge in [0.25, 0.3) is 11.8 Å². The number of thioether (sulfide) groups is 1. The number of hydrogen-bond acceptors (Lipinski definition) is 6. The van der Waals surface area contributed by atoms with Crippen LogP contribution >= 0.6 is 31.6 Å². The second kappa shape index (κ2) is 14.9. The van der Waals surface area contributed by atoms with Crippen LogP contribution in [0.5, 0.6) is 0 Å². The summed E-state index contributed by atoms with van der Waals surface area (Å²) in [6, 6.07) is 12.4. The fourth-order valence-electron chi connectivity index (χ4n) is 3.90. The molecule has 2 aliphatic rings. The van der Waals surface area contributed by atoms with Gasteiger partial charge in [-0.15, -0.1) is 11.6 Å². The molecule has 3 N–H and O–H groups in total. The SMILES string of the molecule is C/C=C(\C/C=C(/C(=O)O)C(C)Cl)N=C1CNC(=O)/C(=C/c2ccc(C3=C(NC(=O)c4ccccc4)P=CC(C)C#C3)o2)S1. The predicted molar refractivity (Wildman–Crippen MR) is 175 cm³/mol. The number of amides is 2. The van der Waals surface area contributed by atoms with Crippen LogP contribution < -0.4 is 10.6 Å². The lowest BCUT2D eigenvalue weighted by Crippen LogP contribution is -2.34. The molecule has 2 amide bonds. The molecule has 1 fully saturated rings. The number of benzene rings is 1. The smallest absolute Gasteiger partial charge is 0.332 e. The van der Waals surface area contributed by atoms with Gasteiger partial charge in [-0.2, -0.15) is 0 Å². The van der Waals surface area contributed by atoms with Crippen LogP contribution in [0, 0.1) is 17.8 Å². The number of nitrogens with one attached hydrogen (secondary N) is 2. The van der Waals surface area contributed by atoms with Crippen LogP contribution in [0.3, 0.4) is 0 Å². The molecule has 2 aromatic rings. The Balaban J connectivity index is 1.57. The number of rotatable bonds is 9. The maximum atomic E-state index is 12.9. The van der Waals surface area contributed by atoms with Crippen molar-refractivity contribution in [3.63, 3.8) is 0 Å². The molecule has 3 heterocycles. The maximum Gasteiger partial charge on any atom is 0.332 e. The first-order chi connectivity index (χ1) is 20.6. The summed E-state index contributed by atoms with van der Waals surface area (Å²) in [7, 11) is 0.783. The van der Waals surface area contributed by atoms with E-state index in [9.17, 15) is 19.5 Å². The van der Waals surface area contributed by atoms with E-state index in [0.29, 0.717) is 43.7 Å². The first kappa shape index (κ1) is 31.8. The lowest BCUT2D eigenvalue weighted by atomic mass is 10.1. The largest absolute Gasteiger partial charge is 0.478 e. The van der Waals surface area contributed by atoms with Crippen LogP contribution in [0.1, 0.15) is 49.1 Å². The number of carboxylic acid groups (broad SMARTS) is 1. The van der Waals surface area contributed by atoms with Crippen molar-refractivity contribution in [2.24, 2.45) is 10.9 Å². The predicted octanol–water partition coefficient (Wildman–Crippen LogP) is 6.31. The first-order valence-corrected chi connectivity index (χ1v) is 15.6. The Hall–Kier alpha value is -4.09. The average Bonchev–Trinajstić information content (AvgIpc) is 3.36. The molecule has 1 aromatic heterocycles. The van der Waals surface area contributed by atoms with Crippen molar-refractivity contribution < 1.29 is 23.9 Å². The third-order valence-corrected chi connectivity index (χ3v) is 8.58. The molecule has 2 aliphatic heterocycles. The first-order valence-electron chi connectivity index (χ1n) is 13.4. The minimum Gasteiger partial charge on any atom is -0.478 e. The van der Waals surface area contributed by atoms with E-state index >= 15 is 0 Å². The summed E-state index contributed by atoms with van der Waals surface area (Å²) in [5.74, 6) is 7.67. The van der Waals surface area contributed by atoms with Gasteiger partial charge in [-0.3, -0.25) is 9.59 Å². The Morgan fingerprint density at radius 3 is 2.77 bits per heavy atom. The summed E-state index contributed by atoms with van der Waals surface area (Å²) in [5.41, 5.74) is 2.45. The average molecular weight is 634 g/mol. The van der Waals surface area contributed by atoms with Gasteiger partial charge >= 0.3 is 5.97 Å². The minimum absolute atomic E-state index is 0.0194. The van der Waals surface area contributed by atoms with Gasteiger partial charge in [0.2, 0.25) is 0 Å². The summed E-state index contributed by atoms with van der Waals surface area (Å²) in [6.07, 6.45) is 5.24. The molecule has 220 valence electrons. The molecule has 2 atom stereocenters. The molecule has 0 spiro atoms. The van der Waals surface area contributed by atoms with Gasteiger partial charge in [0.1, 0.15) is 11.5 Å². The third-order valence-electron chi connectivity index (χ3n) is 6.16. The van der Waals surface area contributed by atoms with Crippen LogP contribution in [-0.4, -0.2) is 45.7 Å². The number of aliphatic carboxylic acids is 1. The number of alkyl halides is 1. The van der Waals surface area contributed by atoms with Crippen LogP contribution in [0.25, 0.3) is 11.6 Å². The summed E-state index contributed by atoms with van der Waals surface area (Å²) < 4.78 is 6.10. The van der Waals surface area contributed by atoms with Crippen molar-refractivity contribution in [1.82, 2.24) is 10.6 Å². The number of halogens is 1. The molecule has 0 bridgehead atoms. The maximum absolute atomic E-state index is 12.9. The van der Waals surface area contributed by atoms with Crippen molar-refractivity contribution in [3.8, 4) is 11.8 Å². The van der Waals surface area contributed by atoms with Crippen LogP contribution in [0.4, 0.5) is 0 Å². The molecular formula is C32H29ClN3O5PS. The zero-order chi connectivity index (χ0) is 30.9. The van der Waals surface area contributed by atoms with Gasteiger partial charge in [-0.25, -0.2) is 9.79 Å². The lowest BCUT2D eigenvalue weighted by molar-refractivity contribution is -0.132. The summed E-state index contributed by atoms with van der Waals surface area (Å²) in [6.45, 7) is 5.63. The highest BCUT2D eigenvalue weighted by Crippen LogP contribution is 2.31. The molecule has 0 aliphatic carbocycles. The van der Waals surface area contributed by atoms with E-state index in [0.717, 1.165) is 8.20 Å². The van der Waals surface area contributed by atoms with Crippen molar-refractivity contribution in [3.05, 3.63) is 93.3 Å². The highest BCUT2D eigenvalue weighted by Gasteiger charge is 2.22. The van der Waals surface area contributed by atoms with Crippen molar-refractivity contribution >= 4 is 71.8 Å². The number of carbonyl (C=O) groups excluding carboxylic acids is 2. The Labute approximate surface area is 260 Å². The number of hydrogen-bond donors (Lipinski definition) is 3. The van der Waals surface area contributed by atoms with E-state index in [1.54, 1.807) is 61.5 Å². The standard InChI is InChI=1S/C32H29ClN3O5PS/c1-4-22(11-14-24(20(3)33)32(39)40)35-28-17-34-30(38)27(43-28)16-23-12-15-26(41-23)25-13-10-19(2)18-42-31(25)36-29(37)21-8-6-5-7-9-21/h4-9,12,14-16,18-20H,11,17H2,1-3H3,(H,34,38)(H,36,37)(H,39,40)/b22-4+,24-14+,27-16-,35-28?. The fraction of sp³-hybridized carbons (Fsp3) is 0.219. The van der Waals surface area contributed by atoms with Gasteiger partial charge in [0.15, 0.2) is 0 Å². The number of furan rings is 1. The summed E-state index contributed by atoms with van der Waals surface area (Å²) in [5, 5.41) is 15.2. The summed E-state index contributed by atoms with van der Waals surface area (Å²) in [4.78, 5) is 42.0. The second-order valence-corrected chi connectivity index (χ2v) is 12.2. The van der Waals surface area contributed by atoms with Crippen molar-refractivity contribution in [1.29, 1.82) is 0 Å². The molecule has 4 rings (SSSR count). The molecule has 8 nitrogen and oxygen atoms in total. The monoisotopic (exact) mass is 633 g/mol. The molecule has 1 aromatic carbocycles. The third kappa shape index (κ3) is 8.71. The van der Waals surface area contributed by atoms with Gasteiger partial charge in [0.05, 0.1) is 38.5 Å². The zero-order valence-corrected chi connectivity index (χ0v) is 26.1. The topological polar surface area (TPSA) is 121 Å². The van der Waals surface area contributed by atoms with Crippen LogP contribution in [0.15, 0.2) is 85.6 Å². The van der Waals surface area contributed by atoms with Gasteiger partial charge in [-0.1, -0.05) is 62.2 Å². The van der Waals surface area contributed by atoms with Gasteiger partial charge in [-0.05, 0) is 50.8 Å². The second-order valence-electron chi connectivity index (χ2n) is 9.45. The molecule has 0 radical (unpaired) electrons. The Bertz CT molecular complexity index is 1670. The van der Waals surface area contributed by atoms with E-state index in [4.69, 9.17) is 16.0 Å². The van der Waals surface area contributed by atoms with E-state index in [1.165, 1.54) is 11.8 Å². The number of aliphatic imine (C=N–C) groups is 1. The zero-order valence-electron chi connectivity index (χ0n) is 23.7. The molecule has 1 saturated heterocycles. The molecule has 2 unspecified atom stereocenters. The number of nitrogens with zero attached hydrogens (tertiary/aromatic N) is 1. The quantitative estimate of drug-likeness (QED) is 0.129.